The average Bonchev–Trinajstić information content (AvgIpc) is 3.13. The van der Waals surface area contributed by atoms with Gasteiger partial charge in [-0.05, 0) is 31.9 Å². The van der Waals surface area contributed by atoms with E-state index in [4.69, 9.17) is 4.74 Å². The molecule has 30 heavy (non-hydrogen) atoms. The molecule has 1 aromatic heterocycles. The molecule has 0 saturated carbocycles. The normalized spacial score (nSPS) is 16.9. The number of nitrogens with zero attached hydrogens (tertiary/aromatic N) is 4. The summed E-state index contributed by atoms with van der Waals surface area (Å²) in [6, 6.07) is 6.50. The van der Waals surface area contributed by atoms with Crippen LogP contribution in [0.4, 0.5) is 5.82 Å². The minimum atomic E-state index is -3.89. The highest BCUT2D eigenvalue weighted by atomic mass is 32.2. The summed E-state index contributed by atoms with van der Waals surface area (Å²) >= 11 is 0. The van der Waals surface area contributed by atoms with Crippen molar-refractivity contribution in [3.8, 4) is 0 Å². The lowest BCUT2D eigenvalue weighted by molar-refractivity contribution is -0.146. The molecule has 2 heterocycles. The predicted octanol–water partition coefficient (Wildman–Crippen LogP) is 1.58. The molecule has 1 aliphatic rings. The van der Waals surface area contributed by atoms with Crippen molar-refractivity contribution in [1.29, 1.82) is 0 Å². The molecule has 0 spiro atoms. The van der Waals surface area contributed by atoms with E-state index in [-0.39, 0.29) is 40.6 Å². The van der Waals surface area contributed by atoms with E-state index in [1.807, 2.05) is 6.92 Å². The predicted molar refractivity (Wildman–Crippen MR) is 111 cm³/mol. The highest BCUT2D eigenvalue weighted by Crippen LogP contribution is 2.28. The number of methoxy groups -OCH3 is 1. The van der Waals surface area contributed by atoms with Crippen LogP contribution in [0.3, 0.4) is 0 Å². The Morgan fingerprint density at radius 1 is 1.23 bits per heavy atom. The van der Waals surface area contributed by atoms with Gasteiger partial charge in [-0.15, -0.1) is 0 Å². The van der Waals surface area contributed by atoms with Crippen LogP contribution < -0.4 is 4.31 Å². The molecule has 0 radical (unpaired) electrons. The van der Waals surface area contributed by atoms with Crippen LogP contribution in [-0.2, 0) is 26.6 Å². The third-order valence-electron chi connectivity index (χ3n) is 5.36. The number of benzene rings is 1. The number of aryl methyl sites for hydroxylation is 2. The number of ether oxygens (including phenoxy) is 1. The quantitative estimate of drug-likeness (QED) is 0.662. The number of hydrogen-bond donors (Lipinski definition) is 0. The van der Waals surface area contributed by atoms with Crippen LogP contribution in [0.1, 0.15) is 28.8 Å². The van der Waals surface area contributed by atoms with Crippen molar-refractivity contribution in [1.82, 2.24) is 14.7 Å². The van der Waals surface area contributed by atoms with Crippen molar-refractivity contribution in [2.45, 2.75) is 24.7 Å². The topological polar surface area (TPSA) is 102 Å². The Morgan fingerprint density at radius 3 is 2.53 bits per heavy atom. The number of esters is 1. The standard InChI is InChI=1S/C20H26N4O5S/c1-14-7-9-16(10-8-14)30(27,28)23(3)18-17(12-21-22(18)2)19(25)24-11-5-6-15(13-24)20(26)29-4/h7-10,12,15H,5-6,11,13H2,1-4H3. The Bertz CT molecular complexity index is 1050. The van der Waals surface area contributed by atoms with Crippen LogP contribution in [0, 0.1) is 12.8 Å². The van der Waals surface area contributed by atoms with Gasteiger partial charge >= 0.3 is 5.97 Å². The summed E-state index contributed by atoms with van der Waals surface area (Å²) < 4.78 is 33.5. The molecule has 1 saturated heterocycles. The summed E-state index contributed by atoms with van der Waals surface area (Å²) in [5, 5.41) is 4.12. The van der Waals surface area contributed by atoms with Gasteiger partial charge in [0.05, 0.1) is 24.1 Å². The molecular formula is C20H26N4O5S. The van der Waals surface area contributed by atoms with E-state index < -0.39 is 10.0 Å². The molecule has 1 unspecified atom stereocenters. The van der Waals surface area contributed by atoms with E-state index in [1.165, 1.54) is 37.2 Å². The van der Waals surface area contributed by atoms with Crippen LogP contribution in [0.2, 0.25) is 0 Å². The average molecular weight is 435 g/mol. The molecule has 0 bridgehead atoms. The number of piperidine rings is 1. The van der Waals surface area contributed by atoms with Crippen molar-refractivity contribution in [2.24, 2.45) is 13.0 Å². The third kappa shape index (κ3) is 4.04. The Hall–Kier alpha value is -2.88. The van der Waals surface area contributed by atoms with Gasteiger partial charge in [0, 0.05) is 27.2 Å². The van der Waals surface area contributed by atoms with Gasteiger partial charge in [0.2, 0.25) is 0 Å². The smallest absolute Gasteiger partial charge is 0.310 e. The van der Waals surface area contributed by atoms with E-state index in [9.17, 15) is 18.0 Å². The highest BCUT2D eigenvalue weighted by molar-refractivity contribution is 7.92. The zero-order valence-electron chi connectivity index (χ0n) is 17.5. The van der Waals surface area contributed by atoms with Gasteiger partial charge in [-0.2, -0.15) is 5.10 Å². The van der Waals surface area contributed by atoms with E-state index in [0.717, 1.165) is 9.87 Å². The molecule has 2 aromatic rings. The maximum absolute atomic E-state index is 13.2. The number of aromatic nitrogens is 2. The Labute approximate surface area is 176 Å². The lowest BCUT2D eigenvalue weighted by Gasteiger charge is -2.31. The molecule has 1 atom stereocenters. The van der Waals surface area contributed by atoms with E-state index in [1.54, 1.807) is 24.1 Å². The van der Waals surface area contributed by atoms with Crippen molar-refractivity contribution in [3.05, 3.63) is 41.6 Å². The maximum Gasteiger partial charge on any atom is 0.310 e. The number of hydrogen-bond acceptors (Lipinski definition) is 6. The third-order valence-corrected chi connectivity index (χ3v) is 7.12. The van der Waals surface area contributed by atoms with Crippen molar-refractivity contribution in [3.63, 3.8) is 0 Å². The summed E-state index contributed by atoms with van der Waals surface area (Å²) in [5.74, 6) is -0.932. The zero-order valence-corrected chi connectivity index (χ0v) is 18.3. The van der Waals surface area contributed by atoms with E-state index >= 15 is 0 Å². The van der Waals surface area contributed by atoms with Crippen LogP contribution in [0.5, 0.6) is 0 Å². The molecule has 1 aromatic carbocycles. The first kappa shape index (κ1) is 21.8. The second-order valence-electron chi connectivity index (χ2n) is 7.40. The van der Waals surface area contributed by atoms with Crippen molar-refractivity contribution in [2.75, 3.05) is 31.6 Å². The van der Waals surface area contributed by atoms with Gasteiger partial charge < -0.3 is 9.64 Å². The number of amides is 1. The molecular weight excluding hydrogens is 408 g/mol. The molecule has 10 heteroatoms. The summed E-state index contributed by atoms with van der Waals surface area (Å²) in [6.07, 6.45) is 2.68. The van der Waals surface area contributed by atoms with Crippen molar-refractivity contribution >= 4 is 27.7 Å². The highest BCUT2D eigenvalue weighted by Gasteiger charge is 2.34. The second-order valence-corrected chi connectivity index (χ2v) is 9.37. The Kier molecular flexibility index (Phi) is 6.16. The number of carbonyl (C=O) groups excluding carboxylic acids is 2. The number of anilines is 1. The van der Waals surface area contributed by atoms with Crippen LogP contribution >= 0.6 is 0 Å². The van der Waals surface area contributed by atoms with Gasteiger partial charge in [-0.3, -0.25) is 18.6 Å². The van der Waals surface area contributed by atoms with Crippen molar-refractivity contribution < 1.29 is 22.7 Å². The van der Waals surface area contributed by atoms with Gasteiger partial charge in [-0.1, -0.05) is 17.7 Å². The molecule has 0 aliphatic carbocycles. The van der Waals surface area contributed by atoms with Gasteiger partial charge in [0.1, 0.15) is 5.56 Å². The van der Waals surface area contributed by atoms with Crippen LogP contribution in [0.25, 0.3) is 0 Å². The lowest BCUT2D eigenvalue weighted by Crippen LogP contribution is -2.43. The minimum absolute atomic E-state index is 0.124. The van der Waals surface area contributed by atoms with Crippen LogP contribution in [0.15, 0.2) is 35.4 Å². The fraction of sp³-hybridized carbons (Fsp3) is 0.450. The second kappa shape index (κ2) is 8.47. The molecule has 1 amide bonds. The number of sulfonamides is 1. The Balaban J connectivity index is 1.91. The van der Waals surface area contributed by atoms with Gasteiger partial charge in [0.15, 0.2) is 5.82 Å². The first-order valence-electron chi connectivity index (χ1n) is 9.61. The number of carbonyl (C=O) groups is 2. The first-order chi connectivity index (χ1) is 14.2. The van der Waals surface area contributed by atoms with E-state index in [0.29, 0.717) is 19.4 Å². The SMILES string of the molecule is COC(=O)C1CCCN(C(=O)c2cnn(C)c2N(C)S(=O)(=O)c2ccc(C)cc2)C1. The minimum Gasteiger partial charge on any atom is -0.469 e. The van der Waals surface area contributed by atoms with E-state index in [2.05, 4.69) is 5.10 Å². The molecule has 3 rings (SSSR count). The molecule has 162 valence electrons. The van der Waals surface area contributed by atoms with Gasteiger partial charge in [0.25, 0.3) is 15.9 Å². The Morgan fingerprint density at radius 2 is 1.90 bits per heavy atom. The molecule has 0 N–H and O–H groups in total. The summed E-state index contributed by atoms with van der Waals surface area (Å²) in [6.45, 7) is 2.58. The number of likely N-dealkylation sites (tertiary alicyclic amines) is 1. The fourth-order valence-electron chi connectivity index (χ4n) is 3.63. The number of rotatable bonds is 5. The monoisotopic (exact) mass is 434 g/mol. The summed E-state index contributed by atoms with van der Waals surface area (Å²) in [4.78, 5) is 26.8. The molecule has 1 aliphatic heterocycles. The zero-order chi connectivity index (χ0) is 22.1. The first-order valence-corrected chi connectivity index (χ1v) is 11.1. The molecule has 1 fully saturated rings. The fourth-order valence-corrected chi connectivity index (χ4v) is 4.87. The maximum atomic E-state index is 13.2. The van der Waals surface area contributed by atoms with Gasteiger partial charge in [-0.25, -0.2) is 8.42 Å². The largest absolute Gasteiger partial charge is 0.469 e. The molecule has 9 nitrogen and oxygen atoms in total. The summed E-state index contributed by atoms with van der Waals surface area (Å²) in [5.41, 5.74) is 1.11. The lowest BCUT2D eigenvalue weighted by atomic mass is 9.98. The summed E-state index contributed by atoms with van der Waals surface area (Å²) in [7, 11) is 0.421. The van der Waals surface area contributed by atoms with Crippen LogP contribution in [-0.4, -0.2) is 62.2 Å².